The topological polar surface area (TPSA) is 95.5 Å². The number of halogens is 1. The molecule has 0 fully saturated rings. The Morgan fingerprint density at radius 3 is 2.41 bits per heavy atom. The zero-order valence-electron chi connectivity index (χ0n) is 10.9. The van der Waals surface area contributed by atoms with Gasteiger partial charge in [0.05, 0.1) is 27.5 Å². The van der Waals surface area contributed by atoms with Crippen molar-refractivity contribution in [2.45, 2.75) is 0 Å². The number of benzene rings is 2. The van der Waals surface area contributed by atoms with Crippen molar-refractivity contribution in [1.82, 2.24) is 0 Å². The van der Waals surface area contributed by atoms with Crippen LogP contribution in [-0.2, 0) is 0 Å². The van der Waals surface area contributed by atoms with Gasteiger partial charge >= 0.3 is 0 Å². The van der Waals surface area contributed by atoms with Gasteiger partial charge in [0.15, 0.2) is 0 Å². The van der Waals surface area contributed by atoms with Crippen LogP contribution in [0.2, 0.25) is 5.02 Å². The largest absolute Gasteiger partial charge is 0.456 e. The van der Waals surface area contributed by atoms with Gasteiger partial charge in [-0.3, -0.25) is 20.2 Å². The molecule has 3 rings (SSSR count). The van der Waals surface area contributed by atoms with Gasteiger partial charge in [-0.2, -0.15) is 0 Å². The van der Waals surface area contributed by atoms with Crippen LogP contribution in [0.25, 0.3) is 12.2 Å². The number of non-ortho nitro benzene ring substituents is 1. The van der Waals surface area contributed by atoms with E-state index in [1.54, 1.807) is 24.3 Å². The molecule has 0 bridgehead atoms. The lowest BCUT2D eigenvalue weighted by atomic mass is 10.1. The third-order valence-electron chi connectivity index (χ3n) is 3.13. The summed E-state index contributed by atoms with van der Waals surface area (Å²) in [6.45, 7) is 0. The first-order valence-corrected chi connectivity index (χ1v) is 6.46. The summed E-state index contributed by atoms with van der Waals surface area (Å²) in [5.74, 6) is 0.465. The summed E-state index contributed by atoms with van der Waals surface area (Å²) in [4.78, 5) is 20.7. The highest BCUT2D eigenvalue weighted by Crippen LogP contribution is 2.41. The molecule has 0 saturated carbocycles. The molecule has 0 aliphatic carbocycles. The molecule has 0 aromatic heterocycles. The van der Waals surface area contributed by atoms with Gasteiger partial charge in [0.25, 0.3) is 11.4 Å². The normalized spacial score (nSPS) is 11.9. The van der Waals surface area contributed by atoms with E-state index in [2.05, 4.69) is 0 Å². The molecule has 0 unspecified atom stereocenters. The lowest BCUT2D eigenvalue weighted by molar-refractivity contribution is -0.394. The summed E-state index contributed by atoms with van der Waals surface area (Å²) in [5.41, 5.74) is -0.000750. The molecule has 22 heavy (non-hydrogen) atoms. The summed E-state index contributed by atoms with van der Waals surface area (Å²) in [6.07, 6.45) is 3.10. The second-order valence-corrected chi connectivity index (χ2v) is 4.94. The number of nitrogens with zero attached hydrogens (tertiary/aromatic N) is 2. The molecule has 0 saturated heterocycles. The molecule has 2 aromatic carbocycles. The number of ether oxygens (including phenoxy) is 1. The highest BCUT2D eigenvalue weighted by Gasteiger charge is 2.25. The summed E-state index contributed by atoms with van der Waals surface area (Å²) >= 11 is 5.90. The van der Waals surface area contributed by atoms with Crippen LogP contribution in [0.15, 0.2) is 30.3 Å². The van der Waals surface area contributed by atoms with Gasteiger partial charge in [-0.05, 0) is 24.3 Å². The van der Waals surface area contributed by atoms with Crippen molar-refractivity contribution in [2.24, 2.45) is 0 Å². The maximum absolute atomic E-state index is 11.2. The molecule has 0 N–H and O–H groups in total. The number of hydrogen-bond donors (Lipinski definition) is 0. The Balaban J connectivity index is 2.24. The van der Waals surface area contributed by atoms with Gasteiger partial charge in [0, 0.05) is 10.6 Å². The van der Waals surface area contributed by atoms with Crippen LogP contribution in [-0.4, -0.2) is 9.85 Å². The van der Waals surface area contributed by atoms with Gasteiger partial charge in [0.1, 0.15) is 11.5 Å². The molecule has 1 aliphatic rings. The second-order valence-electron chi connectivity index (χ2n) is 4.51. The average Bonchev–Trinajstić information content (AvgIpc) is 2.64. The highest BCUT2D eigenvalue weighted by atomic mass is 35.5. The van der Waals surface area contributed by atoms with E-state index in [0.717, 1.165) is 12.1 Å². The maximum Gasteiger partial charge on any atom is 0.287 e. The molecular weight excluding hydrogens is 312 g/mol. The Morgan fingerprint density at radius 1 is 0.955 bits per heavy atom. The molecule has 0 atom stereocenters. The quantitative estimate of drug-likeness (QED) is 0.514. The Bertz CT molecular complexity index is 847. The molecule has 2 aromatic rings. The molecule has 0 amide bonds. The van der Waals surface area contributed by atoms with E-state index in [1.807, 2.05) is 0 Å². The van der Waals surface area contributed by atoms with Crippen molar-refractivity contribution in [3.63, 3.8) is 0 Å². The van der Waals surface area contributed by atoms with E-state index >= 15 is 0 Å². The monoisotopic (exact) mass is 318 g/mol. The van der Waals surface area contributed by atoms with E-state index in [-0.39, 0.29) is 17.0 Å². The zero-order valence-corrected chi connectivity index (χ0v) is 11.6. The zero-order chi connectivity index (χ0) is 15.9. The minimum absolute atomic E-state index is 0.0539. The Morgan fingerprint density at radius 2 is 1.73 bits per heavy atom. The summed E-state index contributed by atoms with van der Waals surface area (Å²) in [5, 5.41) is 22.6. The van der Waals surface area contributed by atoms with Crippen LogP contribution in [0.4, 0.5) is 11.4 Å². The minimum atomic E-state index is -0.700. The van der Waals surface area contributed by atoms with Gasteiger partial charge in [-0.1, -0.05) is 17.7 Å². The molecule has 0 radical (unpaired) electrons. The fourth-order valence-electron chi connectivity index (χ4n) is 2.14. The number of nitro groups is 2. The predicted molar refractivity (Wildman–Crippen MR) is 80.2 cm³/mol. The third-order valence-corrected chi connectivity index (χ3v) is 3.37. The van der Waals surface area contributed by atoms with Crippen LogP contribution < -0.4 is 4.74 Å². The molecule has 110 valence electrons. The van der Waals surface area contributed by atoms with Crippen molar-refractivity contribution in [3.05, 3.63) is 66.7 Å². The lowest BCUT2D eigenvalue weighted by Crippen LogP contribution is -1.97. The SMILES string of the molecule is O=[N+]([O-])c1cc2c(c([N+](=O)[O-])c1)C=Cc1cc(Cl)ccc1O2. The van der Waals surface area contributed by atoms with Crippen LogP contribution in [0.3, 0.4) is 0 Å². The van der Waals surface area contributed by atoms with E-state index in [9.17, 15) is 20.2 Å². The Hall–Kier alpha value is -2.93. The molecular formula is C14H7ClN2O5. The third kappa shape index (κ3) is 2.38. The Labute approximate surface area is 128 Å². The number of nitro benzene ring substituents is 2. The van der Waals surface area contributed by atoms with E-state index < -0.39 is 15.5 Å². The lowest BCUT2D eigenvalue weighted by Gasteiger charge is -2.09. The van der Waals surface area contributed by atoms with Gasteiger partial charge in [0.2, 0.25) is 0 Å². The van der Waals surface area contributed by atoms with Crippen LogP contribution in [0.5, 0.6) is 11.5 Å². The fourth-order valence-corrected chi connectivity index (χ4v) is 2.32. The van der Waals surface area contributed by atoms with Crippen LogP contribution in [0.1, 0.15) is 11.1 Å². The van der Waals surface area contributed by atoms with Crippen molar-refractivity contribution in [2.75, 3.05) is 0 Å². The van der Waals surface area contributed by atoms with Crippen molar-refractivity contribution < 1.29 is 14.6 Å². The van der Waals surface area contributed by atoms with Crippen molar-refractivity contribution in [1.29, 1.82) is 0 Å². The maximum atomic E-state index is 11.2. The number of fused-ring (bicyclic) bond motifs is 2. The first kappa shape index (κ1) is 14.0. The van der Waals surface area contributed by atoms with Crippen LogP contribution in [0, 0.1) is 20.2 Å². The fraction of sp³-hybridized carbons (Fsp3) is 0. The predicted octanol–water partition coefficient (Wildman–Crippen LogP) is 4.43. The average molecular weight is 319 g/mol. The number of rotatable bonds is 2. The highest BCUT2D eigenvalue weighted by molar-refractivity contribution is 6.30. The van der Waals surface area contributed by atoms with Gasteiger partial charge in [-0.25, -0.2) is 0 Å². The summed E-state index contributed by atoms with van der Waals surface area (Å²) in [7, 11) is 0. The van der Waals surface area contributed by atoms with Crippen molar-refractivity contribution >= 4 is 35.1 Å². The van der Waals surface area contributed by atoms with Gasteiger partial charge in [-0.15, -0.1) is 0 Å². The molecule has 8 heteroatoms. The minimum Gasteiger partial charge on any atom is -0.456 e. The second kappa shape index (κ2) is 5.12. The molecule has 1 aliphatic heterocycles. The summed E-state index contributed by atoms with van der Waals surface area (Å²) in [6, 6.07) is 6.91. The summed E-state index contributed by atoms with van der Waals surface area (Å²) < 4.78 is 5.61. The first-order valence-electron chi connectivity index (χ1n) is 6.08. The standard InChI is InChI=1S/C14H7ClN2O5/c15-9-2-4-13-8(5-9)1-3-11-12(17(20)21)6-10(16(18)19)7-14(11)22-13/h1-7H. The van der Waals surface area contributed by atoms with Crippen LogP contribution >= 0.6 is 11.6 Å². The van der Waals surface area contributed by atoms with E-state index in [0.29, 0.717) is 16.3 Å². The first-order chi connectivity index (χ1) is 10.5. The molecule has 0 spiro atoms. The van der Waals surface area contributed by atoms with E-state index in [1.165, 1.54) is 6.08 Å². The van der Waals surface area contributed by atoms with Crippen molar-refractivity contribution in [3.8, 4) is 11.5 Å². The molecule has 1 heterocycles. The number of hydrogen-bond acceptors (Lipinski definition) is 5. The van der Waals surface area contributed by atoms with Gasteiger partial charge < -0.3 is 4.74 Å². The Kier molecular flexibility index (Phi) is 3.26. The van der Waals surface area contributed by atoms with E-state index in [4.69, 9.17) is 16.3 Å². The molecule has 7 nitrogen and oxygen atoms in total. The smallest absolute Gasteiger partial charge is 0.287 e.